The van der Waals surface area contributed by atoms with E-state index in [9.17, 15) is 48.7 Å². The molecule has 7 nitrogen and oxygen atoms in total. The van der Waals surface area contributed by atoms with Gasteiger partial charge < -0.3 is 9.47 Å². The third-order valence-electron chi connectivity index (χ3n) is 5.21. The van der Waals surface area contributed by atoms with E-state index in [2.05, 4.69) is 16.1 Å². The van der Waals surface area contributed by atoms with E-state index in [0.29, 0.717) is 25.7 Å². The highest BCUT2D eigenvalue weighted by Gasteiger charge is 2.67. The summed E-state index contributed by atoms with van der Waals surface area (Å²) in [5, 5.41) is -5.93. The summed E-state index contributed by atoms with van der Waals surface area (Å²) >= 11 is 0. The van der Waals surface area contributed by atoms with Gasteiger partial charge in [0.25, 0.3) is 0 Å². The van der Waals surface area contributed by atoms with Crippen molar-refractivity contribution in [2.75, 3.05) is 6.61 Å². The van der Waals surface area contributed by atoms with Crippen molar-refractivity contribution in [1.82, 2.24) is 0 Å². The van der Waals surface area contributed by atoms with Crippen LogP contribution in [0, 0.1) is 5.92 Å². The molecular formula is C19H25F7O7S. The molecule has 0 bridgehead atoms. The predicted molar refractivity (Wildman–Crippen MR) is 103 cm³/mol. The first-order chi connectivity index (χ1) is 15.3. The zero-order chi connectivity index (χ0) is 26.6. The number of halogens is 7. The number of hydrogen-bond donors (Lipinski definition) is 1. The highest BCUT2D eigenvalue weighted by Crippen LogP contribution is 2.43. The van der Waals surface area contributed by atoms with Gasteiger partial charge in [0.15, 0.2) is 0 Å². The monoisotopic (exact) mass is 530 g/mol. The molecule has 0 aromatic heterocycles. The van der Waals surface area contributed by atoms with Crippen LogP contribution < -0.4 is 0 Å². The van der Waals surface area contributed by atoms with Crippen LogP contribution in [0.15, 0.2) is 12.2 Å². The second-order valence-electron chi connectivity index (χ2n) is 8.06. The van der Waals surface area contributed by atoms with E-state index in [-0.39, 0.29) is 0 Å². The second-order valence-corrected chi connectivity index (χ2v) is 9.53. The van der Waals surface area contributed by atoms with Crippen molar-refractivity contribution >= 4 is 21.9 Å². The van der Waals surface area contributed by atoms with Crippen molar-refractivity contribution < 1.29 is 62.8 Å². The van der Waals surface area contributed by atoms with Gasteiger partial charge in [0.2, 0.25) is 5.78 Å². The Balaban J connectivity index is 3.13. The average Bonchev–Trinajstić information content (AvgIpc) is 2.68. The van der Waals surface area contributed by atoms with Gasteiger partial charge in [-0.25, -0.2) is 4.79 Å². The molecule has 0 amide bonds. The minimum Gasteiger partial charge on any atom is -0.413 e. The number of ketones is 1. The minimum atomic E-state index is -6.54. The Morgan fingerprint density at radius 3 is 2.00 bits per heavy atom. The molecule has 1 aliphatic carbocycles. The third-order valence-corrected chi connectivity index (χ3v) is 6.16. The Bertz CT molecular complexity index is 865. The smallest absolute Gasteiger partial charge is 0.413 e. The molecule has 1 saturated carbocycles. The molecule has 0 aromatic carbocycles. The fourth-order valence-corrected chi connectivity index (χ4v) is 3.79. The van der Waals surface area contributed by atoms with Crippen molar-refractivity contribution in [2.24, 2.45) is 5.92 Å². The van der Waals surface area contributed by atoms with E-state index in [4.69, 9.17) is 4.55 Å². The second kappa shape index (κ2) is 10.9. The van der Waals surface area contributed by atoms with Gasteiger partial charge in [-0.1, -0.05) is 38.7 Å². The van der Waals surface area contributed by atoms with Crippen LogP contribution in [0.2, 0.25) is 0 Å². The molecule has 0 heterocycles. The lowest BCUT2D eigenvalue weighted by Crippen LogP contribution is -2.58. The standard InChI is InChI=1S/C19H25F7O7S/c1-12(2)15(28)33-17(18(22,23)24,14(27)11-13-7-4-3-5-8-13)32-10-6-9-16(20,21)19(25,26)34(29,30)31/h13H,1,3-11H2,2H3,(H,29,30,31). The van der Waals surface area contributed by atoms with E-state index in [0.717, 1.165) is 13.3 Å². The molecule has 0 saturated heterocycles. The van der Waals surface area contributed by atoms with Crippen molar-refractivity contribution in [3.05, 3.63) is 12.2 Å². The number of hydrogen-bond acceptors (Lipinski definition) is 6. The normalized spacial score (nSPS) is 18.3. The first kappa shape index (κ1) is 30.3. The number of esters is 1. The number of ether oxygens (including phenoxy) is 2. The number of carbonyl (C=O) groups is 2. The fourth-order valence-electron chi connectivity index (χ4n) is 3.31. The Hall–Kier alpha value is -1.74. The summed E-state index contributed by atoms with van der Waals surface area (Å²) in [4.78, 5) is 24.6. The molecule has 15 heteroatoms. The Kier molecular flexibility index (Phi) is 9.71. The topological polar surface area (TPSA) is 107 Å². The van der Waals surface area contributed by atoms with E-state index in [1.165, 1.54) is 0 Å². The zero-order valence-corrected chi connectivity index (χ0v) is 18.9. The van der Waals surface area contributed by atoms with Crippen LogP contribution in [-0.2, 0) is 29.2 Å². The quantitative estimate of drug-likeness (QED) is 0.0963. The molecule has 0 aromatic rings. The van der Waals surface area contributed by atoms with Gasteiger partial charge in [0.05, 0.1) is 6.61 Å². The minimum absolute atomic E-state index is 0.422. The maximum Gasteiger partial charge on any atom is 0.463 e. The summed E-state index contributed by atoms with van der Waals surface area (Å²) < 4.78 is 134. The van der Waals surface area contributed by atoms with Gasteiger partial charge in [0, 0.05) is 18.4 Å². The molecule has 1 N–H and O–H groups in total. The highest BCUT2D eigenvalue weighted by molar-refractivity contribution is 7.87. The predicted octanol–water partition coefficient (Wildman–Crippen LogP) is 4.82. The molecule has 0 aliphatic heterocycles. The molecular weight excluding hydrogens is 505 g/mol. The Labute approximate surface area is 191 Å². The number of alkyl halides is 7. The maximum absolute atomic E-state index is 14.0. The van der Waals surface area contributed by atoms with Gasteiger partial charge in [-0.3, -0.25) is 9.35 Å². The van der Waals surface area contributed by atoms with Gasteiger partial charge >= 0.3 is 39.2 Å². The Morgan fingerprint density at radius 1 is 1.03 bits per heavy atom. The van der Waals surface area contributed by atoms with E-state index in [1.807, 2.05) is 0 Å². The third kappa shape index (κ3) is 6.90. The summed E-state index contributed by atoms with van der Waals surface area (Å²) in [6.07, 6.45) is -6.78. The van der Waals surface area contributed by atoms with Gasteiger partial charge in [0.1, 0.15) is 0 Å². The van der Waals surface area contributed by atoms with Crippen LogP contribution in [0.4, 0.5) is 30.7 Å². The lowest BCUT2D eigenvalue weighted by Gasteiger charge is -2.35. The SMILES string of the molecule is C=C(C)C(=O)OC(OCCCC(F)(F)C(F)(F)S(=O)(=O)O)(C(=O)CC1CCCCC1)C(F)(F)F. The van der Waals surface area contributed by atoms with Gasteiger partial charge in [-0.2, -0.15) is 39.2 Å². The van der Waals surface area contributed by atoms with Crippen LogP contribution in [0.25, 0.3) is 0 Å². The molecule has 1 rings (SSSR count). The molecule has 1 unspecified atom stereocenters. The molecule has 1 aliphatic rings. The lowest BCUT2D eigenvalue weighted by atomic mass is 9.84. The van der Waals surface area contributed by atoms with Crippen LogP contribution in [0.3, 0.4) is 0 Å². The summed E-state index contributed by atoms with van der Waals surface area (Å²) in [6.45, 7) is 2.63. The summed E-state index contributed by atoms with van der Waals surface area (Å²) in [5.74, 6) is -13.4. The molecule has 0 spiro atoms. The lowest BCUT2D eigenvalue weighted by molar-refractivity contribution is -0.347. The summed E-state index contributed by atoms with van der Waals surface area (Å²) in [6, 6.07) is 0. The van der Waals surface area contributed by atoms with Crippen LogP contribution in [0.5, 0.6) is 0 Å². The molecule has 1 atom stereocenters. The number of Topliss-reactive ketones (excluding diaryl/α,β-unsaturated/α-hetero) is 1. The largest absolute Gasteiger partial charge is 0.463 e. The average molecular weight is 530 g/mol. The van der Waals surface area contributed by atoms with Crippen molar-refractivity contribution in [3.63, 3.8) is 0 Å². The zero-order valence-electron chi connectivity index (χ0n) is 18.1. The molecule has 198 valence electrons. The van der Waals surface area contributed by atoms with E-state index in [1.54, 1.807) is 0 Å². The van der Waals surface area contributed by atoms with Crippen LogP contribution in [0.1, 0.15) is 58.3 Å². The number of rotatable bonds is 12. The summed E-state index contributed by atoms with van der Waals surface area (Å²) in [5.41, 5.74) is -0.540. The first-order valence-corrected chi connectivity index (χ1v) is 11.6. The van der Waals surface area contributed by atoms with Crippen LogP contribution >= 0.6 is 0 Å². The van der Waals surface area contributed by atoms with Crippen molar-refractivity contribution in [2.45, 2.75) is 81.4 Å². The summed E-state index contributed by atoms with van der Waals surface area (Å²) in [7, 11) is -6.54. The van der Waals surface area contributed by atoms with E-state index < -0.39 is 82.4 Å². The molecule has 1 fully saturated rings. The van der Waals surface area contributed by atoms with Crippen molar-refractivity contribution in [3.8, 4) is 0 Å². The first-order valence-electron chi connectivity index (χ1n) is 10.1. The van der Waals surface area contributed by atoms with Gasteiger partial charge in [-0.15, -0.1) is 0 Å². The highest BCUT2D eigenvalue weighted by atomic mass is 32.2. The molecule has 0 radical (unpaired) electrons. The van der Waals surface area contributed by atoms with Crippen LogP contribution in [-0.4, -0.2) is 54.5 Å². The van der Waals surface area contributed by atoms with E-state index >= 15 is 0 Å². The number of carbonyl (C=O) groups excluding carboxylic acids is 2. The van der Waals surface area contributed by atoms with Crippen molar-refractivity contribution in [1.29, 1.82) is 0 Å². The maximum atomic E-state index is 14.0. The molecule has 34 heavy (non-hydrogen) atoms. The Morgan fingerprint density at radius 2 is 1.56 bits per heavy atom. The fraction of sp³-hybridized carbons (Fsp3) is 0.789. The van der Waals surface area contributed by atoms with Gasteiger partial charge in [-0.05, 0) is 19.3 Å².